The van der Waals surface area contributed by atoms with Gasteiger partial charge in [-0.1, -0.05) is 229 Å². The van der Waals surface area contributed by atoms with Crippen LogP contribution in [0.5, 0.6) is 0 Å². The molecule has 9 nitrogen and oxygen atoms in total. The molecule has 2 unspecified atom stereocenters. The summed E-state index contributed by atoms with van der Waals surface area (Å²) in [5.74, 6) is -0.836. The number of unbranched alkanes of at least 4 members (excludes halogenated alkanes) is 29. The molecule has 0 radical (unpaired) electrons. The molecule has 0 saturated carbocycles. The van der Waals surface area contributed by atoms with Gasteiger partial charge < -0.3 is 27.9 Å². The van der Waals surface area contributed by atoms with Crippen molar-refractivity contribution >= 4 is 19.8 Å². The molecule has 0 aromatic rings. The van der Waals surface area contributed by atoms with Crippen molar-refractivity contribution in [2.24, 2.45) is 0 Å². The van der Waals surface area contributed by atoms with Crippen LogP contribution in [0.3, 0.4) is 0 Å². The molecular weight excluding hydrogens is 894 g/mol. The van der Waals surface area contributed by atoms with E-state index in [0.717, 1.165) is 83.5 Å². The molecule has 70 heavy (non-hydrogen) atoms. The highest BCUT2D eigenvalue weighted by Gasteiger charge is 2.22. The normalized spacial score (nSPS) is 13.7. The van der Waals surface area contributed by atoms with Gasteiger partial charge in [0.25, 0.3) is 7.82 Å². The molecule has 0 heterocycles. The van der Waals surface area contributed by atoms with Crippen LogP contribution in [-0.2, 0) is 32.7 Å². The molecule has 408 valence electrons. The van der Waals surface area contributed by atoms with Gasteiger partial charge in [-0.3, -0.25) is 14.2 Å². The lowest BCUT2D eigenvalue weighted by molar-refractivity contribution is -0.870. The minimum absolute atomic E-state index is 0.0317. The van der Waals surface area contributed by atoms with Gasteiger partial charge in [-0.05, 0) is 77.0 Å². The fourth-order valence-corrected chi connectivity index (χ4v) is 8.78. The second kappa shape index (κ2) is 51.6. The molecule has 10 heteroatoms. The highest BCUT2D eigenvalue weighted by Crippen LogP contribution is 2.38. The highest BCUT2D eigenvalue weighted by molar-refractivity contribution is 7.45. The zero-order chi connectivity index (χ0) is 51.3. The van der Waals surface area contributed by atoms with Crippen molar-refractivity contribution in [2.75, 3.05) is 47.5 Å². The second-order valence-corrected chi connectivity index (χ2v) is 22.0. The van der Waals surface area contributed by atoms with Crippen LogP contribution in [0.2, 0.25) is 0 Å². The summed E-state index contributed by atoms with van der Waals surface area (Å²) < 4.78 is 34.1. The smallest absolute Gasteiger partial charge is 0.306 e. The number of allylic oxidation sites excluding steroid dienone is 10. The molecule has 0 amide bonds. The Bertz CT molecular complexity index is 1370. The van der Waals surface area contributed by atoms with Crippen molar-refractivity contribution in [2.45, 2.75) is 264 Å². The van der Waals surface area contributed by atoms with Crippen LogP contribution in [0.4, 0.5) is 0 Å². The minimum atomic E-state index is -4.63. The summed E-state index contributed by atoms with van der Waals surface area (Å²) in [5, 5.41) is 0. The summed E-state index contributed by atoms with van der Waals surface area (Å²) in [6.07, 6.45) is 65.7. The third-order valence-corrected chi connectivity index (χ3v) is 13.5. The zero-order valence-corrected chi connectivity index (χ0v) is 47.1. The van der Waals surface area contributed by atoms with Crippen molar-refractivity contribution in [3.05, 3.63) is 60.8 Å². The van der Waals surface area contributed by atoms with Gasteiger partial charge in [0.05, 0.1) is 27.7 Å². The van der Waals surface area contributed by atoms with Gasteiger partial charge in [0.2, 0.25) is 0 Å². The Hall–Kier alpha value is -2.29. The van der Waals surface area contributed by atoms with Gasteiger partial charge >= 0.3 is 11.9 Å². The molecule has 0 N–H and O–H groups in total. The topological polar surface area (TPSA) is 111 Å². The number of hydrogen-bond acceptors (Lipinski definition) is 8. The minimum Gasteiger partial charge on any atom is -0.756 e. The first-order valence-electron chi connectivity index (χ1n) is 29.0. The maximum atomic E-state index is 12.8. The molecular formula is C60H110NO8P. The number of ether oxygens (including phenoxy) is 2. The van der Waals surface area contributed by atoms with Crippen LogP contribution in [0.1, 0.15) is 258 Å². The Kier molecular flexibility index (Phi) is 49.9. The summed E-state index contributed by atoms with van der Waals surface area (Å²) in [4.78, 5) is 37.8. The van der Waals surface area contributed by atoms with Crippen LogP contribution in [0.15, 0.2) is 60.8 Å². The van der Waals surface area contributed by atoms with Crippen LogP contribution < -0.4 is 4.89 Å². The van der Waals surface area contributed by atoms with Crippen molar-refractivity contribution in [3.63, 3.8) is 0 Å². The second-order valence-electron chi connectivity index (χ2n) is 20.6. The number of likely N-dealkylation sites (N-methyl/N-ethyl adjacent to an activating group) is 1. The van der Waals surface area contributed by atoms with E-state index < -0.39 is 26.5 Å². The molecule has 0 aliphatic carbocycles. The number of phosphoric acid groups is 1. The van der Waals surface area contributed by atoms with Crippen molar-refractivity contribution in [3.8, 4) is 0 Å². The average molecular weight is 1000 g/mol. The maximum absolute atomic E-state index is 12.8. The number of quaternary nitrogens is 1. The van der Waals surface area contributed by atoms with E-state index in [4.69, 9.17) is 18.5 Å². The summed E-state index contributed by atoms with van der Waals surface area (Å²) in [6, 6.07) is 0. The molecule has 2 atom stereocenters. The van der Waals surface area contributed by atoms with Crippen LogP contribution in [-0.4, -0.2) is 70.0 Å². The number of rotatable bonds is 53. The Morgan fingerprint density at radius 1 is 0.457 bits per heavy atom. The number of esters is 2. The summed E-state index contributed by atoms with van der Waals surface area (Å²) in [5.41, 5.74) is 0. The largest absolute Gasteiger partial charge is 0.756 e. The first-order chi connectivity index (χ1) is 34.0. The SMILES string of the molecule is CC/C=C\C/C=C\C/C=C\C/C=C\CCCCCCCCCCCCCCCCCCCCCCC(=O)OC(COC(=O)CCCCCCC/C=C\CCCCCC)COP(=O)([O-])OCC[N+](C)(C)C. The molecule has 0 aliphatic heterocycles. The maximum Gasteiger partial charge on any atom is 0.306 e. The average Bonchev–Trinajstić information content (AvgIpc) is 3.32. The monoisotopic (exact) mass is 1000 g/mol. The molecule has 0 spiro atoms. The van der Waals surface area contributed by atoms with E-state index in [2.05, 4.69) is 74.6 Å². The number of carbonyl (C=O) groups is 2. The standard InChI is InChI=1S/C60H110NO8P/c1-6-8-10-12-14-16-18-20-21-22-23-24-25-26-27-28-29-30-31-32-33-34-35-36-37-38-39-41-43-45-47-49-51-53-60(63)69-58(57-68-70(64,65)67-55-54-61(3,4)5)56-66-59(62)52-50-48-46-44-42-40-19-17-15-13-11-9-7-2/h8,10,14,16-17,19-21,23-24,58H,6-7,9,11-13,15,18,22,25-57H2,1-5H3/b10-8-,16-14-,19-17-,21-20-,24-23-. The van der Waals surface area contributed by atoms with Crippen LogP contribution in [0.25, 0.3) is 0 Å². The van der Waals surface area contributed by atoms with Gasteiger partial charge in [0, 0.05) is 12.8 Å². The van der Waals surface area contributed by atoms with Crippen LogP contribution in [0, 0.1) is 0 Å². The van der Waals surface area contributed by atoms with E-state index in [9.17, 15) is 19.0 Å². The Morgan fingerprint density at radius 3 is 1.23 bits per heavy atom. The zero-order valence-electron chi connectivity index (χ0n) is 46.2. The van der Waals surface area contributed by atoms with Gasteiger partial charge in [-0.15, -0.1) is 0 Å². The Morgan fingerprint density at radius 2 is 0.814 bits per heavy atom. The van der Waals surface area contributed by atoms with Crippen LogP contribution >= 0.6 is 7.82 Å². The molecule has 0 rings (SSSR count). The van der Waals surface area contributed by atoms with Gasteiger partial charge in [-0.25, -0.2) is 0 Å². The molecule has 0 bridgehead atoms. The molecule has 0 aromatic heterocycles. The molecule has 0 aliphatic rings. The van der Waals surface area contributed by atoms with Gasteiger partial charge in [-0.2, -0.15) is 0 Å². The van der Waals surface area contributed by atoms with E-state index in [0.29, 0.717) is 17.4 Å². The van der Waals surface area contributed by atoms with Crippen molar-refractivity contribution in [1.82, 2.24) is 0 Å². The third kappa shape index (κ3) is 55.0. The fraction of sp³-hybridized carbons (Fsp3) is 0.800. The van der Waals surface area contributed by atoms with E-state index in [-0.39, 0.29) is 32.0 Å². The lowest BCUT2D eigenvalue weighted by atomic mass is 10.0. The lowest BCUT2D eigenvalue weighted by Gasteiger charge is -2.28. The third-order valence-electron chi connectivity index (χ3n) is 12.5. The number of hydrogen-bond donors (Lipinski definition) is 0. The Labute approximate surface area is 432 Å². The van der Waals surface area contributed by atoms with Crippen molar-refractivity contribution in [1.29, 1.82) is 0 Å². The molecule has 0 saturated heterocycles. The van der Waals surface area contributed by atoms with Gasteiger partial charge in [0.1, 0.15) is 19.8 Å². The number of nitrogens with zero attached hydrogens (tertiary/aromatic N) is 1. The van der Waals surface area contributed by atoms with E-state index in [1.165, 1.54) is 141 Å². The van der Waals surface area contributed by atoms with E-state index >= 15 is 0 Å². The predicted molar refractivity (Wildman–Crippen MR) is 296 cm³/mol. The molecule has 0 fully saturated rings. The summed E-state index contributed by atoms with van der Waals surface area (Å²) in [6.45, 7) is 4.12. The Balaban J connectivity index is 4.00. The summed E-state index contributed by atoms with van der Waals surface area (Å²) >= 11 is 0. The van der Waals surface area contributed by atoms with Gasteiger partial charge in [0.15, 0.2) is 6.10 Å². The van der Waals surface area contributed by atoms with Crippen molar-refractivity contribution < 1.29 is 42.1 Å². The lowest BCUT2D eigenvalue weighted by Crippen LogP contribution is -2.37. The fourth-order valence-electron chi connectivity index (χ4n) is 8.05. The first kappa shape index (κ1) is 67.7. The van der Waals surface area contributed by atoms with E-state index in [1.807, 2.05) is 21.1 Å². The van der Waals surface area contributed by atoms with E-state index in [1.54, 1.807) is 0 Å². The number of phosphoric ester groups is 1. The predicted octanol–water partition coefficient (Wildman–Crippen LogP) is 17.3. The number of carbonyl (C=O) groups excluding carboxylic acids is 2. The summed E-state index contributed by atoms with van der Waals surface area (Å²) in [7, 11) is 1.17. The highest BCUT2D eigenvalue weighted by atomic mass is 31.2. The quantitative estimate of drug-likeness (QED) is 0.0195. The molecule has 0 aromatic carbocycles. The first-order valence-corrected chi connectivity index (χ1v) is 30.5.